The summed E-state index contributed by atoms with van der Waals surface area (Å²) in [4.78, 5) is 0. The average Bonchev–Trinajstić information content (AvgIpc) is 1.00. The van der Waals surface area contributed by atoms with Crippen LogP contribution >= 0.6 is 0 Å². The maximum Gasteiger partial charge on any atom is 0 e. The third-order valence-electron chi connectivity index (χ3n) is 0. The molecular formula is H2AlFeMnTi. The second-order valence-electron chi connectivity index (χ2n) is 0. The summed E-state index contributed by atoms with van der Waals surface area (Å²) < 4.78 is 0. The first-order valence-corrected chi connectivity index (χ1v) is 4.37. The quantitative estimate of drug-likeness (QED) is 0.431. The molecule has 0 aliphatic rings. The third kappa shape index (κ3) is 8.86. The SMILES string of the molecule is [AlH2][Fe].[Mn].[Ti]. The summed E-state index contributed by atoms with van der Waals surface area (Å²) in [7, 11) is 0. The molecule has 0 amide bonds. The van der Waals surface area contributed by atoms with Crippen molar-refractivity contribution in [3.8, 4) is 0 Å². The minimum Gasteiger partial charge on any atom is 0 e. The number of hydrogen-bond donors (Lipinski definition) is 0. The standard InChI is InChI=1S/Al.Fe.Mn.Ti.2H. The molecule has 0 fully saturated rings. The van der Waals surface area contributed by atoms with Crippen LogP contribution in [-0.2, 0) is 52.9 Å². The summed E-state index contributed by atoms with van der Waals surface area (Å²) >= 11 is 4.44. The van der Waals surface area contributed by atoms with Crippen LogP contribution in [0.2, 0.25) is 0 Å². The van der Waals surface area contributed by atoms with Crippen LogP contribution in [-0.4, -0.2) is 14.4 Å². The van der Waals surface area contributed by atoms with E-state index in [9.17, 15) is 0 Å². The van der Waals surface area contributed by atoms with E-state index in [2.05, 4.69) is 14.1 Å². The van der Waals surface area contributed by atoms with Crippen molar-refractivity contribution in [1.29, 1.82) is 0 Å². The van der Waals surface area contributed by atoms with Gasteiger partial charge in [-0.25, -0.2) is 0 Å². The summed E-state index contributed by atoms with van der Waals surface area (Å²) in [6, 6.07) is 0. The first-order valence-electron chi connectivity index (χ1n) is 0.354. The monoisotopic (exact) mass is 188 g/mol. The van der Waals surface area contributed by atoms with Gasteiger partial charge in [0.25, 0.3) is 0 Å². The molecular weight excluding hydrogens is 186 g/mol. The van der Waals surface area contributed by atoms with Gasteiger partial charge in [-0.1, -0.05) is 0 Å². The Morgan fingerprint density at radius 1 is 1.25 bits per heavy atom. The molecule has 0 aromatic rings. The van der Waals surface area contributed by atoms with Crippen molar-refractivity contribution in [3.63, 3.8) is 0 Å². The molecule has 0 N–H and O–H groups in total. The Morgan fingerprint density at radius 2 is 1.25 bits per heavy atom. The zero-order valence-electron chi connectivity index (χ0n) is 2.23. The molecule has 24 valence electrons. The summed E-state index contributed by atoms with van der Waals surface area (Å²) in [5.74, 6) is 0. The van der Waals surface area contributed by atoms with Gasteiger partial charge in [0, 0.05) is 38.8 Å². The summed E-state index contributed by atoms with van der Waals surface area (Å²) in [5.41, 5.74) is 0. The summed E-state index contributed by atoms with van der Waals surface area (Å²) in [6.45, 7) is 0. The van der Waals surface area contributed by atoms with Crippen molar-refractivity contribution >= 4 is 14.4 Å². The minimum absolute atomic E-state index is 0. The first-order chi connectivity index (χ1) is 1.00. The van der Waals surface area contributed by atoms with Crippen molar-refractivity contribution in [3.05, 3.63) is 0 Å². The van der Waals surface area contributed by atoms with Gasteiger partial charge in [-0.15, -0.1) is 0 Å². The van der Waals surface area contributed by atoms with Crippen molar-refractivity contribution in [1.82, 2.24) is 0 Å². The smallest absolute Gasteiger partial charge is 0 e. The van der Waals surface area contributed by atoms with Crippen LogP contribution in [0.25, 0.3) is 0 Å². The second kappa shape index (κ2) is 18.6. The third-order valence-corrected chi connectivity index (χ3v) is 0. The molecule has 1 radical (unpaired) electrons. The van der Waals surface area contributed by atoms with Gasteiger partial charge in [-0.05, 0) is 0 Å². The number of rotatable bonds is 0. The topological polar surface area (TPSA) is 0 Å². The van der Waals surface area contributed by atoms with Crippen molar-refractivity contribution < 1.29 is 52.9 Å². The molecule has 0 saturated carbocycles. The van der Waals surface area contributed by atoms with Gasteiger partial charge in [0.1, 0.15) is 0 Å². The van der Waals surface area contributed by atoms with Crippen LogP contribution in [0.4, 0.5) is 0 Å². The molecule has 0 heterocycles. The van der Waals surface area contributed by atoms with E-state index in [-0.39, 0.29) is 38.8 Å². The fourth-order valence-corrected chi connectivity index (χ4v) is 0. The van der Waals surface area contributed by atoms with Gasteiger partial charge in [-0.3, -0.25) is 0 Å². The van der Waals surface area contributed by atoms with Crippen molar-refractivity contribution in [2.45, 2.75) is 0 Å². The molecule has 0 aliphatic carbocycles. The van der Waals surface area contributed by atoms with Gasteiger partial charge in [-0.2, -0.15) is 0 Å². The van der Waals surface area contributed by atoms with E-state index in [0.717, 1.165) is 14.4 Å². The van der Waals surface area contributed by atoms with E-state index >= 15 is 0 Å². The van der Waals surface area contributed by atoms with Crippen LogP contribution in [0.5, 0.6) is 0 Å². The molecule has 0 spiro atoms. The van der Waals surface area contributed by atoms with Crippen molar-refractivity contribution in [2.24, 2.45) is 0 Å². The Balaban J connectivity index is -0.00000000500. The fraction of sp³-hybridized carbons (Fsp3) is 0. The van der Waals surface area contributed by atoms with E-state index in [1.807, 2.05) is 0 Å². The molecule has 0 rings (SSSR count). The van der Waals surface area contributed by atoms with Crippen LogP contribution in [0, 0.1) is 0 Å². The Hall–Kier alpha value is 2.29. The largest absolute Gasteiger partial charge is 0 e. The zero-order chi connectivity index (χ0) is 2.00. The molecule has 0 atom stereocenters. The van der Waals surface area contributed by atoms with Crippen LogP contribution < -0.4 is 0 Å². The second-order valence-corrected chi connectivity index (χ2v) is 0. The van der Waals surface area contributed by atoms with Gasteiger partial charge in [0.05, 0.1) is 0 Å². The molecule has 0 aromatic carbocycles. The molecule has 4 heavy (non-hydrogen) atoms. The van der Waals surface area contributed by atoms with Crippen LogP contribution in [0.1, 0.15) is 0 Å². The first kappa shape index (κ1) is 16.3. The molecule has 0 unspecified atom stereocenters. The van der Waals surface area contributed by atoms with E-state index < -0.39 is 0 Å². The maximum atomic E-state index is 3.39. The number of hydrogen-bond acceptors (Lipinski definition) is 0. The molecule has 0 nitrogen and oxygen atoms in total. The predicted molar refractivity (Wildman–Crippen MR) is 8.54 cm³/mol. The Kier molecular flexibility index (Phi) is 75.6. The van der Waals surface area contributed by atoms with Gasteiger partial charge >= 0.3 is 28.6 Å². The predicted octanol–water partition coefficient (Wildman–Crippen LogP) is -0.924. The molecule has 0 aromatic heterocycles. The van der Waals surface area contributed by atoms with Gasteiger partial charge in [0.2, 0.25) is 0 Å². The fourth-order valence-electron chi connectivity index (χ4n) is 0. The Labute approximate surface area is 66.6 Å². The summed E-state index contributed by atoms with van der Waals surface area (Å²) in [6.07, 6.45) is 0. The van der Waals surface area contributed by atoms with Crippen LogP contribution in [0.15, 0.2) is 0 Å². The molecule has 0 saturated heterocycles. The zero-order valence-corrected chi connectivity index (χ0v) is 8.08. The van der Waals surface area contributed by atoms with E-state index in [1.54, 1.807) is 0 Å². The van der Waals surface area contributed by atoms with Gasteiger partial charge in [0.15, 0.2) is 0 Å². The molecule has 0 bridgehead atoms. The Bertz CT molecular complexity index is 8.00. The van der Waals surface area contributed by atoms with Crippen molar-refractivity contribution in [2.75, 3.05) is 0 Å². The molecule has 0 aliphatic heterocycles. The minimum atomic E-state index is 0. The average molecular weight is 188 g/mol. The summed E-state index contributed by atoms with van der Waals surface area (Å²) in [5, 5.41) is 0. The Morgan fingerprint density at radius 3 is 1.25 bits per heavy atom. The van der Waals surface area contributed by atoms with E-state index in [0.29, 0.717) is 0 Å². The molecule has 4 heteroatoms. The van der Waals surface area contributed by atoms with E-state index in [1.165, 1.54) is 0 Å². The van der Waals surface area contributed by atoms with Crippen LogP contribution in [0.3, 0.4) is 0 Å². The maximum absolute atomic E-state index is 3.39. The normalized spacial score (nSPS) is 1.25. The van der Waals surface area contributed by atoms with Gasteiger partial charge < -0.3 is 0 Å². The van der Waals surface area contributed by atoms with E-state index in [4.69, 9.17) is 0 Å².